The number of rotatable bonds is 5. The van der Waals surface area contributed by atoms with Gasteiger partial charge in [-0.25, -0.2) is 12.7 Å². The third kappa shape index (κ3) is 4.17. The number of hydrogen-bond acceptors (Lipinski definition) is 4. The third-order valence-electron chi connectivity index (χ3n) is 5.09. The zero-order valence-electron chi connectivity index (χ0n) is 14.4. The molecule has 0 saturated carbocycles. The first-order valence-corrected chi connectivity index (χ1v) is 10.5. The summed E-state index contributed by atoms with van der Waals surface area (Å²) < 4.78 is 32.5. The maximum atomic E-state index is 12.5. The summed E-state index contributed by atoms with van der Waals surface area (Å²) >= 11 is 0. The van der Waals surface area contributed by atoms with Crippen molar-refractivity contribution in [2.24, 2.45) is 5.92 Å². The molecule has 0 radical (unpaired) electrons. The average molecular weight is 352 g/mol. The average Bonchev–Trinajstić information content (AvgIpc) is 2.78. The predicted molar refractivity (Wildman–Crippen MR) is 95.2 cm³/mol. The van der Waals surface area contributed by atoms with E-state index in [1.807, 2.05) is 13.0 Å². The first-order valence-electron chi connectivity index (χ1n) is 8.93. The summed E-state index contributed by atoms with van der Waals surface area (Å²) in [7, 11) is -3.13. The fraction of sp³-hybridized carbons (Fsp3) is 0.667. The topological polar surface area (TPSA) is 49.9 Å². The molecule has 0 amide bonds. The van der Waals surface area contributed by atoms with Gasteiger partial charge in [-0.1, -0.05) is 37.3 Å². The Labute approximate surface area is 145 Å². The Morgan fingerprint density at radius 2 is 2.00 bits per heavy atom. The second-order valence-corrected chi connectivity index (χ2v) is 8.91. The zero-order chi connectivity index (χ0) is 17.0. The lowest BCUT2D eigenvalue weighted by Gasteiger charge is -2.42. The summed E-state index contributed by atoms with van der Waals surface area (Å²) in [6.07, 6.45) is 1.56. The maximum absolute atomic E-state index is 12.5. The summed E-state index contributed by atoms with van der Waals surface area (Å²) in [5.74, 6) is 0.670. The van der Waals surface area contributed by atoms with E-state index in [4.69, 9.17) is 4.74 Å². The molecule has 0 aromatic heterocycles. The van der Waals surface area contributed by atoms with Gasteiger partial charge in [-0.2, -0.15) is 0 Å². The summed E-state index contributed by atoms with van der Waals surface area (Å²) in [6.45, 7) is 6.34. The minimum atomic E-state index is -3.13. The molecule has 2 aliphatic rings. The van der Waals surface area contributed by atoms with Crippen LogP contribution in [0.25, 0.3) is 0 Å². The minimum Gasteiger partial charge on any atom is -0.380 e. The van der Waals surface area contributed by atoms with Crippen molar-refractivity contribution in [1.29, 1.82) is 0 Å². The lowest BCUT2D eigenvalue weighted by atomic mass is 9.92. The van der Waals surface area contributed by atoms with Crippen molar-refractivity contribution in [3.63, 3.8) is 0 Å². The standard InChI is InChI=1S/C18H28N2O3S/c1-2-12-24(21,22)20-9-8-17-15-23-11-10-19(18(17)14-20)13-16-6-4-3-5-7-16/h3-7,17-18H,2,8-15H2,1H3/t17-,18-/m1/s1. The number of piperidine rings is 1. The Kier molecular flexibility index (Phi) is 5.92. The predicted octanol–water partition coefficient (Wildman–Crippen LogP) is 1.95. The van der Waals surface area contributed by atoms with Crippen molar-refractivity contribution in [3.05, 3.63) is 35.9 Å². The molecule has 2 aliphatic heterocycles. The molecule has 2 atom stereocenters. The van der Waals surface area contributed by atoms with E-state index in [-0.39, 0.29) is 11.8 Å². The van der Waals surface area contributed by atoms with Gasteiger partial charge in [0.05, 0.1) is 19.0 Å². The molecule has 0 unspecified atom stereocenters. The summed E-state index contributed by atoms with van der Waals surface area (Å²) in [4.78, 5) is 2.42. The van der Waals surface area contributed by atoms with Crippen LogP contribution in [0.5, 0.6) is 0 Å². The fourth-order valence-electron chi connectivity index (χ4n) is 3.80. The second kappa shape index (κ2) is 7.95. The largest absolute Gasteiger partial charge is 0.380 e. The Morgan fingerprint density at radius 1 is 1.21 bits per heavy atom. The van der Waals surface area contributed by atoms with E-state index in [0.29, 0.717) is 25.4 Å². The molecule has 6 heteroatoms. The molecule has 2 fully saturated rings. The van der Waals surface area contributed by atoms with Crippen molar-refractivity contribution in [2.75, 3.05) is 38.6 Å². The maximum Gasteiger partial charge on any atom is 0.214 e. The van der Waals surface area contributed by atoms with Gasteiger partial charge in [-0.3, -0.25) is 4.90 Å². The van der Waals surface area contributed by atoms with Crippen LogP contribution in [0, 0.1) is 5.92 Å². The molecule has 3 rings (SSSR count). The Morgan fingerprint density at radius 3 is 2.75 bits per heavy atom. The van der Waals surface area contributed by atoms with Crippen molar-refractivity contribution in [1.82, 2.24) is 9.21 Å². The van der Waals surface area contributed by atoms with E-state index in [9.17, 15) is 8.42 Å². The van der Waals surface area contributed by atoms with Crippen LogP contribution in [-0.2, 0) is 21.3 Å². The van der Waals surface area contributed by atoms with Crippen LogP contribution in [0.1, 0.15) is 25.3 Å². The highest BCUT2D eigenvalue weighted by Crippen LogP contribution is 2.28. The first kappa shape index (κ1) is 17.9. The van der Waals surface area contributed by atoms with Gasteiger partial charge in [0.15, 0.2) is 0 Å². The van der Waals surface area contributed by atoms with Gasteiger partial charge in [0.1, 0.15) is 0 Å². The number of benzene rings is 1. The summed E-state index contributed by atoms with van der Waals surface area (Å²) in [5, 5.41) is 0. The molecule has 1 aromatic carbocycles. The van der Waals surface area contributed by atoms with E-state index in [1.54, 1.807) is 4.31 Å². The van der Waals surface area contributed by atoms with Crippen molar-refractivity contribution >= 4 is 10.0 Å². The Bertz CT molecular complexity index is 620. The molecule has 0 spiro atoms. The lowest BCUT2D eigenvalue weighted by molar-refractivity contribution is 0.0767. The van der Waals surface area contributed by atoms with Crippen LogP contribution in [0.4, 0.5) is 0 Å². The fourth-order valence-corrected chi connectivity index (χ4v) is 5.33. The summed E-state index contributed by atoms with van der Waals surface area (Å²) in [6, 6.07) is 10.6. The highest BCUT2D eigenvalue weighted by Gasteiger charge is 2.38. The van der Waals surface area contributed by atoms with E-state index in [0.717, 1.165) is 32.7 Å². The molecule has 2 saturated heterocycles. The van der Waals surface area contributed by atoms with Gasteiger partial charge in [0.2, 0.25) is 10.0 Å². The van der Waals surface area contributed by atoms with E-state index >= 15 is 0 Å². The lowest BCUT2D eigenvalue weighted by Crippen LogP contribution is -2.54. The van der Waals surface area contributed by atoms with E-state index in [2.05, 4.69) is 29.2 Å². The van der Waals surface area contributed by atoms with Crippen molar-refractivity contribution in [2.45, 2.75) is 32.4 Å². The number of sulfonamides is 1. The van der Waals surface area contributed by atoms with Gasteiger partial charge in [0, 0.05) is 38.1 Å². The molecule has 0 aliphatic carbocycles. The number of nitrogens with zero attached hydrogens (tertiary/aromatic N) is 2. The second-order valence-electron chi connectivity index (χ2n) is 6.82. The van der Waals surface area contributed by atoms with Gasteiger partial charge in [-0.05, 0) is 18.4 Å². The number of ether oxygens (including phenoxy) is 1. The van der Waals surface area contributed by atoms with Crippen LogP contribution in [0.2, 0.25) is 0 Å². The van der Waals surface area contributed by atoms with E-state index < -0.39 is 10.0 Å². The SMILES string of the molecule is CCCS(=O)(=O)N1CC[C@@H]2COCCN(Cc3ccccc3)[C@@H]2C1. The Hall–Kier alpha value is -0.950. The van der Waals surface area contributed by atoms with Crippen LogP contribution in [-0.4, -0.2) is 62.3 Å². The van der Waals surface area contributed by atoms with Crippen LogP contribution < -0.4 is 0 Å². The quantitative estimate of drug-likeness (QED) is 0.813. The molecule has 134 valence electrons. The van der Waals surface area contributed by atoms with Gasteiger partial charge in [-0.15, -0.1) is 0 Å². The van der Waals surface area contributed by atoms with Crippen LogP contribution in [0.3, 0.4) is 0 Å². The highest BCUT2D eigenvalue weighted by molar-refractivity contribution is 7.89. The Balaban J connectivity index is 1.76. The third-order valence-corrected chi connectivity index (χ3v) is 7.13. The number of hydrogen-bond donors (Lipinski definition) is 0. The van der Waals surface area contributed by atoms with Crippen molar-refractivity contribution in [3.8, 4) is 0 Å². The highest BCUT2D eigenvalue weighted by atomic mass is 32.2. The molecule has 24 heavy (non-hydrogen) atoms. The first-order chi connectivity index (χ1) is 11.6. The molecule has 0 bridgehead atoms. The normalized spacial score (nSPS) is 26.7. The molecule has 1 aromatic rings. The minimum absolute atomic E-state index is 0.244. The zero-order valence-corrected chi connectivity index (χ0v) is 15.2. The molecule has 5 nitrogen and oxygen atoms in total. The molecule has 0 N–H and O–H groups in total. The van der Waals surface area contributed by atoms with Gasteiger partial charge >= 0.3 is 0 Å². The van der Waals surface area contributed by atoms with E-state index in [1.165, 1.54) is 5.56 Å². The molecular weight excluding hydrogens is 324 g/mol. The van der Waals surface area contributed by atoms with Gasteiger partial charge in [0.25, 0.3) is 0 Å². The molecule has 2 heterocycles. The monoisotopic (exact) mass is 352 g/mol. The molecular formula is C18H28N2O3S. The number of fused-ring (bicyclic) bond motifs is 1. The van der Waals surface area contributed by atoms with Gasteiger partial charge < -0.3 is 4.74 Å². The van der Waals surface area contributed by atoms with Crippen LogP contribution >= 0.6 is 0 Å². The van der Waals surface area contributed by atoms with Crippen molar-refractivity contribution < 1.29 is 13.2 Å². The van der Waals surface area contributed by atoms with Crippen LogP contribution in [0.15, 0.2) is 30.3 Å². The summed E-state index contributed by atoms with van der Waals surface area (Å²) in [5.41, 5.74) is 1.27. The smallest absolute Gasteiger partial charge is 0.214 e.